The van der Waals surface area contributed by atoms with E-state index >= 15 is 0 Å². The number of hydrogen-bond donors (Lipinski definition) is 1. The summed E-state index contributed by atoms with van der Waals surface area (Å²) in [6.45, 7) is 11.8. The van der Waals surface area contributed by atoms with Crippen LogP contribution in [0.3, 0.4) is 0 Å². The molecule has 0 aromatic heterocycles. The molecule has 2 saturated heterocycles. The van der Waals surface area contributed by atoms with E-state index in [-0.39, 0.29) is 6.10 Å². The number of aliphatic hydroxyl groups excluding tert-OH is 1. The Morgan fingerprint density at radius 3 is 2.66 bits per heavy atom. The molecule has 2 nitrogen and oxygen atoms in total. The van der Waals surface area contributed by atoms with Crippen molar-refractivity contribution in [3.8, 4) is 0 Å². The maximum Gasteiger partial charge on any atom is 0.0577 e. The van der Waals surface area contributed by atoms with Gasteiger partial charge < -0.3 is 5.11 Å². The van der Waals surface area contributed by atoms with Crippen molar-refractivity contribution in [2.45, 2.75) is 104 Å². The van der Waals surface area contributed by atoms with E-state index in [0.717, 1.165) is 60.4 Å². The van der Waals surface area contributed by atoms with Crippen molar-refractivity contribution in [3.05, 3.63) is 11.6 Å². The van der Waals surface area contributed by atoms with Gasteiger partial charge in [0.1, 0.15) is 0 Å². The van der Waals surface area contributed by atoms with E-state index in [9.17, 15) is 5.11 Å². The van der Waals surface area contributed by atoms with Crippen molar-refractivity contribution in [2.75, 3.05) is 6.54 Å². The summed E-state index contributed by atoms with van der Waals surface area (Å²) in [6.07, 6.45) is 14.3. The highest BCUT2D eigenvalue weighted by atomic mass is 16.3. The number of allylic oxidation sites excluding steroid dienone is 1. The van der Waals surface area contributed by atoms with E-state index in [1.807, 2.05) is 0 Å². The van der Waals surface area contributed by atoms with Gasteiger partial charge in [0.15, 0.2) is 0 Å². The van der Waals surface area contributed by atoms with E-state index < -0.39 is 0 Å². The van der Waals surface area contributed by atoms with Crippen LogP contribution in [-0.2, 0) is 0 Å². The highest BCUT2D eigenvalue weighted by molar-refractivity contribution is 5.26. The maximum absolute atomic E-state index is 10.3. The average molecular weight is 398 g/mol. The summed E-state index contributed by atoms with van der Waals surface area (Å²) in [5, 5.41) is 10.3. The quantitative estimate of drug-likeness (QED) is 0.534. The van der Waals surface area contributed by atoms with Crippen molar-refractivity contribution in [1.29, 1.82) is 0 Å². The zero-order chi connectivity index (χ0) is 20.1. The molecule has 0 unspecified atom stereocenters. The minimum Gasteiger partial charge on any atom is -0.393 e. The summed E-state index contributed by atoms with van der Waals surface area (Å²) < 4.78 is 0. The normalized spacial score (nSPS) is 59.2. The Hall–Kier alpha value is -0.340. The Kier molecular flexibility index (Phi) is 4.23. The molecule has 0 radical (unpaired) electrons. The number of piperidine rings is 1. The Morgan fingerprint density at radius 2 is 1.83 bits per heavy atom. The molecular weight excluding hydrogens is 354 g/mol. The van der Waals surface area contributed by atoms with Crippen molar-refractivity contribution in [2.24, 2.45) is 46.3 Å². The third kappa shape index (κ3) is 2.48. The lowest BCUT2D eigenvalue weighted by molar-refractivity contribution is -0.0574. The first-order chi connectivity index (χ1) is 13.8. The van der Waals surface area contributed by atoms with Gasteiger partial charge in [0.2, 0.25) is 0 Å². The van der Waals surface area contributed by atoms with E-state index in [4.69, 9.17) is 0 Å². The van der Waals surface area contributed by atoms with E-state index in [0.29, 0.717) is 10.8 Å². The van der Waals surface area contributed by atoms with Crippen LogP contribution in [0.5, 0.6) is 0 Å². The molecule has 0 aromatic rings. The molecular formula is C27H43NO. The molecule has 11 atom stereocenters. The lowest BCUT2D eigenvalue weighted by Gasteiger charge is -2.58. The molecule has 2 heterocycles. The van der Waals surface area contributed by atoms with Crippen LogP contribution in [0.25, 0.3) is 0 Å². The number of rotatable bonds is 0. The first-order valence-electron chi connectivity index (χ1n) is 13.0. The minimum atomic E-state index is -0.0792. The predicted octanol–water partition coefficient (Wildman–Crippen LogP) is 5.66. The lowest BCUT2D eigenvalue weighted by atomic mass is 9.47. The first-order valence-corrected chi connectivity index (χ1v) is 13.0. The fraction of sp³-hybridized carbons (Fsp3) is 0.926. The van der Waals surface area contributed by atoms with Crippen molar-refractivity contribution < 1.29 is 5.11 Å². The predicted molar refractivity (Wildman–Crippen MR) is 118 cm³/mol. The number of hydrogen-bond acceptors (Lipinski definition) is 2. The standard InChI is InChI=1S/C27H43NO/c1-16-5-8-23-17(2)25-24(28(23)15-16)14-22-20-7-6-18-13-19(29)9-11-26(18,3)21(20)10-12-27(22,25)4/h6,16-17,19-25,29H,5,7-15H2,1-4H3/t16-,17+,19-,20-,21+,22+,23-,24-,25-,26-,27+/m0/s1. The van der Waals surface area contributed by atoms with Crippen LogP contribution < -0.4 is 0 Å². The molecule has 3 saturated carbocycles. The molecule has 0 spiro atoms. The van der Waals surface area contributed by atoms with Crippen molar-refractivity contribution in [3.63, 3.8) is 0 Å². The summed E-state index contributed by atoms with van der Waals surface area (Å²) in [4.78, 5) is 3.02. The topological polar surface area (TPSA) is 23.5 Å². The van der Waals surface area contributed by atoms with Crippen molar-refractivity contribution >= 4 is 0 Å². The molecule has 2 aliphatic heterocycles. The second kappa shape index (κ2) is 6.35. The van der Waals surface area contributed by atoms with Gasteiger partial charge in [-0.1, -0.05) is 39.3 Å². The second-order valence-corrected chi connectivity index (χ2v) is 12.8. The molecule has 6 aliphatic rings. The number of fused-ring (bicyclic) bond motifs is 9. The summed E-state index contributed by atoms with van der Waals surface area (Å²) in [5.41, 5.74) is 2.58. The third-order valence-electron chi connectivity index (χ3n) is 11.7. The van der Waals surface area contributed by atoms with Crippen LogP contribution in [0.4, 0.5) is 0 Å². The van der Waals surface area contributed by atoms with Gasteiger partial charge in [-0.15, -0.1) is 0 Å². The molecule has 0 aromatic carbocycles. The van der Waals surface area contributed by atoms with E-state index in [1.165, 1.54) is 51.5 Å². The van der Waals surface area contributed by atoms with Gasteiger partial charge in [-0.3, -0.25) is 4.90 Å². The maximum atomic E-state index is 10.3. The molecule has 6 rings (SSSR count). The molecule has 2 heteroatoms. The SMILES string of the molecule is C[C@H]1CC[C@H]2[C@@H](C)[C@H]3[C@H](C[C@@H]4[C@H]5CC=C6C[C@@H](O)CC[C@]6(C)[C@@H]5CC[C@@]34C)N2C1. The fourth-order valence-electron chi connectivity index (χ4n) is 10.4. The molecule has 29 heavy (non-hydrogen) atoms. The van der Waals surface area contributed by atoms with Crippen molar-refractivity contribution in [1.82, 2.24) is 4.90 Å². The molecule has 0 amide bonds. The summed E-state index contributed by atoms with van der Waals surface area (Å²) in [5.74, 6) is 5.44. The molecule has 4 aliphatic carbocycles. The lowest BCUT2D eigenvalue weighted by Crippen LogP contribution is -2.51. The van der Waals surface area contributed by atoms with Gasteiger partial charge in [-0.25, -0.2) is 0 Å². The van der Waals surface area contributed by atoms with Crippen LogP contribution >= 0.6 is 0 Å². The molecule has 162 valence electrons. The van der Waals surface area contributed by atoms with Crippen LogP contribution in [0.15, 0.2) is 11.6 Å². The van der Waals surface area contributed by atoms with E-state index in [1.54, 1.807) is 5.57 Å². The Balaban J connectivity index is 1.33. The van der Waals surface area contributed by atoms with Gasteiger partial charge in [-0.05, 0) is 104 Å². The number of nitrogens with zero attached hydrogens (tertiary/aromatic N) is 1. The van der Waals surface area contributed by atoms with E-state index in [2.05, 4.69) is 38.7 Å². The Bertz CT molecular complexity index is 715. The van der Waals surface area contributed by atoms with Gasteiger partial charge in [0.05, 0.1) is 6.10 Å². The van der Waals surface area contributed by atoms with Gasteiger partial charge in [0.25, 0.3) is 0 Å². The highest BCUT2D eigenvalue weighted by Crippen LogP contribution is 2.69. The third-order valence-corrected chi connectivity index (χ3v) is 11.7. The first kappa shape index (κ1) is 19.4. The van der Waals surface area contributed by atoms with Gasteiger partial charge in [-0.2, -0.15) is 0 Å². The van der Waals surface area contributed by atoms with Crippen LogP contribution in [0.2, 0.25) is 0 Å². The minimum absolute atomic E-state index is 0.0792. The Labute approximate surface area is 178 Å². The second-order valence-electron chi connectivity index (χ2n) is 12.8. The van der Waals surface area contributed by atoms with Crippen LogP contribution in [0.1, 0.15) is 85.5 Å². The fourth-order valence-corrected chi connectivity index (χ4v) is 10.4. The monoisotopic (exact) mass is 397 g/mol. The highest BCUT2D eigenvalue weighted by Gasteiger charge is 2.66. The van der Waals surface area contributed by atoms with Crippen LogP contribution in [0, 0.1) is 46.3 Å². The molecule has 1 N–H and O–H groups in total. The summed E-state index contributed by atoms with van der Waals surface area (Å²) in [7, 11) is 0. The largest absolute Gasteiger partial charge is 0.393 e. The molecule has 5 fully saturated rings. The van der Waals surface area contributed by atoms with Gasteiger partial charge in [0, 0.05) is 18.6 Å². The average Bonchev–Trinajstić information content (AvgIpc) is 3.15. The summed E-state index contributed by atoms with van der Waals surface area (Å²) in [6, 6.07) is 1.75. The smallest absolute Gasteiger partial charge is 0.0577 e. The van der Waals surface area contributed by atoms with Crippen LogP contribution in [-0.4, -0.2) is 34.7 Å². The number of aliphatic hydroxyl groups is 1. The Morgan fingerprint density at radius 1 is 1.00 bits per heavy atom. The summed E-state index contributed by atoms with van der Waals surface area (Å²) >= 11 is 0. The zero-order valence-corrected chi connectivity index (χ0v) is 19.2. The molecule has 0 bridgehead atoms. The zero-order valence-electron chi connectivity index (χ0n) is 19.2. The van der Waals surface area contributed by atoms with Gasteiger partial charge >= 0.3 is 0 Å².